The van der Waals surface area contributed by atoms with E-state index in [1.165, 1.54) is 12.0 Å². The number of hydrogen-bond donors (Lipinski definition) is 0. The minimum absolute atomic E-state index is 0.450. The maximum atomic E-state index is 2.36. The average molecular weight is 188 g/mol. The molecule has 66 valence electrons. The van der Waals surface area contributed by atoms with Crippen molar-refractivity contribution >= 4 is 17.8 Å². The number of benzene rings is 1. The molecule has 1 aromatic rings. The van der Waals surface area contributed by atoms with E-state index in [-0.39, 0.29) is 0 Å². The van der Waals surface area contributed by atoms with E-state index in [0.717, 1.165) is 5.25 Å². The van der Waals surface area contributed by atoms with Gasteiger partial charge in [-0.15, -0.1) is 11.8 Å². The predicted octanol–water partition coefficient (Wildman–Crippen LogP) is 3.43. The van der Waals surface area contributed by atoms with Crippen LogP contribution in [0.5, 0.6) is 0 Å². The first-order valence-corrected chi connectivity index (χ1v) is 5.70. The van der Waals surface area contributed by atoms with Crippen LogP contribution < -0.4 is 0 Å². The minimum atomic E-state index is 0.450. The predicted molar refractivity (Wildman–Crippen MR) is 58.8 cm³/mol. The molecular formula is C12H12S. The maximum absolute atomic E-state index is 2.36. The highest BCUT2D eigenvalue weighted by molar-refractivity contribution is 8.08. The summed E-state index contributed by atoms with van der Waals surface area (Å²) < 4.78 is 0.450. The zero-order valence-electron chi connectivity index (χ0n) is 7.66. The van der Waals surface area contributed by atoms with Gasteiger partial charge in [-0.2, -0.15) is 0 Å². The Balaban J connectivity index is 2.21. The van der Waals surface area contributed by atoms with Gasteiger partial charge in [0, 0.05) is 5.25 Å². The van der Waals surface area contributed by atoms with Crippen molar-refractivity contribution in [2.75, 3.05) is 0 Å². The van der Waals surface area contributed by atoms with Gasteiger partial charge in [-0.25, -0.2) is 0 Å². The molecular weight excluding hydrogens is 176 g/mol. The molecule has 0 N–H and O–H groups in total. The van der Waals surface area contributed by atoms with Crippen LogP contribution in [0.4, 0.5) is 0 Å². The van der Waals surface area contributed by atoms with Crippen molar-refractivity contribution in [3.05, 3.63) is 41.5 Å². The third-order valence-corrected chi connectivity index (χ3v) is 4.87. The van der Waals surface area contributed by atoms with E-state index < -0.39 is 0 Å². The lowest BCUT2D eigenvalue weighted by molar-refractivity contribution is 0.694. The Bertz CT molecular complexity index is 380. The van der Waals surface area contributed by atoms with Crippen molar-refractivity contribution in [3.8, 4) is 0 Å². The maximum Gasteiger partial charge on any atom is 0.0571 e. The first kappa shape index (κ1) is 7.69. The summed E-state index contributed by atoms with van der Waals surface area (Å²) in [6.45, 7) is 2.29. The molecule has 2 aliphatic rings. The number of rotatable bonds is 1. The standard InChI is InChI=1S/C12H12S/c1-2-12-10-6-4-3-5-9(10)7-8-11(12)13-12/h3-8,11H,2H2,1H3. The fourth-order valence-electron chi connectivity index (χ4n) is 2.30. The van der Waals surface area contributed by atoms with Gasteiger partial charge >= 0.3 is 0 Å². The smallest absolute Gasteiger partial charge is 0.0571 e. The Morgan fingerprint density at radius 2 is 2.23 bits per heavy atom. The van der Waals surface area contributed by atoms with Crippen molar-refractivity contribution in [2.24, 2.45) is 0 Å². The Hall–Kier alpha value is -0.690. The molecule has 0 bridgehead atoms. The molecule has 1 aliphatic heterocycles. The van der Waals surface area contributed by atoms with Crippen LogP contribution in [0.25, 0.3) is 6.08 Å². The average Bonchev–Trinajstić information content (AvgIpc) is 2.93. The number of fused-ring (bicyclic) bond motifs is 3. The van der Waals surface area contributed by atoms with Crippen molar-refractivity contribution < 1.29 is 0 Å². The van der Waals surface area contributed by atoms with E-state index >= 15 is 0 Å². The fraction of sp³-hybridized carbons (Fsp3) is 0.333. The van der Waals surface area contributed by atoms with Gasteiger partial charge in [-0.05, 0) is 17.5 Å². The Morgan fingerprint density at radius 3 is 3.08 bits per heavy atom. The van der Waals surface area contributed by atoms with Crippen LogP contribution in [0.3, 0.4) is 0 Å². The summed E-state index contributed by atoms with van der Waals surface area (Å²) in [7, 11) is 0. The van der Waals surface area contributed by atoms with Crippen LogP contribution in [0, 0.1) is 0 Å². The highest BCUT2D eigenvalue weighted by atomic mass is 32.2. The lowest BCUT2D eigenvalue weighted by Crippen LogP contribution is -2.14. The van der Waals surface area contributed by atoms with E-state index in [2.05, 4.69) is 55.1 Å². The van der Waals surface area contributed by atoms with Crippen molar-refractivity contribution in [3.63, 3.8) is 0 Å². The lowest BCUT2D eigenvalue weighted by atomic mass is 9.85. The highest BCUT2D eigenvalue weighted by Crippen LogP contribution is 2.66. The molecule has 1 fully saturated rings. The molecule has 3 rings (SSSR count). The normalized spacial score (nSPS) is 33.8. The van der Waals surface area contributed by atoms with E-state index in [1.54, 1.807) is 5.56 Å². The van der Waals surface area contributed by atoms with Crippen LogP contribution in [0.2, 0.25) is 0 Å². The van der Waals surface area contributed by atoms with Gasteiger partial charge in [0.15, 0.2) is 0 Å². The monoisotopic (exact) mass is 188 g/mol. The second-order valence-corrected chi connectivity index (χ2v) is 5.20. The Kier molecular flexibility index (Phi) is 1.43. The van der Waals surface area contributed by atoms with Crippen LogP contribution in [0.15, 0.2) is 30.3 Å². The molecule has 1 aromatic carbocycles. The molecule has 0 spiro atoms. The molecule has 0 aromatic heterocycles. The van der Waals surface area contributed by atoms with E-state index in [4.69, 9.17) is 0 Å². The van der Waals surface area contributed by atoms with Crippen LogP contribution in [-0.2, 0) is 4.75 Å². The topological polar surface area (TPSA) is 0 Å². The number of thioether (sulfide) groups is 1. The molecule has 0 radical (unpaired) electrons. The molecule has 0 saturated carbocycles. The molecule has 2 atom stereocenters. The van der Waals surface area contributed by atoms with Crippen molar-refractivity contribution in [1.82, 2.24) is 0 Å². The first-order chi connectivity index (χ1) is 6.37. The Morgan fingerprint density at radius 1 is 1.38 bits per heavy atom. The van der Waals surface area contributed by atoms with E-state index in [9.17, 15) is 0 Å². The van der Waals surface area contributed by atoms with Gasteiger partial charge in [-0.3, -0.25) is 0 Å². The van der Waals surface area contributed by atoms with Crippen molar-refractivity contribution in [1.29, 1.82) is 0 Å². The molecule has 1 heteroatoms. The quantitative estimate of drug-likeness (QED) is 0.608. The van der Waals surface area contributed by atoms with Crippen LogP contribution in [-0.4, -0.2) is 5.25 Å². The summed E-state index contributed by atoms with van der Waals surface area (Å²) in [5.41, 5.74) is 2.97. The second kappa shape index (κ2) is 2.42. The SMILES string of the molecule is CCC12SC1C=Cc1ccccc12. The molecule has 1 aliphatic carbocycles. The largest absolute Gasteiger partial charge is 0.139 e. The third kappa shape index (κ3) is 0.884. The zero-order valence-corrected chi connectivity index (χ0v) is 8.47. The second-order valence-electron chi connectivity index (χ2n) is 3.73. The molecule has 0 nitrogen and oxygen atoms in total. The summed E-state index contributed by atoms with van der Waals surface area (Å²) in [4.78, 5) is 0. The van der Waals surface area contributed by atoms with E-state index in [1.807, 2.05) is 0 Å². The summed E-state index contributed by atoms with van der Waals surface area (Å²) in [5.74, 6) is 0. The summed E-state index contributed by atoms with van der Waals surface area (Å²) in [6.07, 6.45) is 5.88. The van der Waals surface area contributed by atoms with Gasteiger partial charge < -0.3 is 0 Å². The molecule has 13 heavy (non-hydrogen) atoms. The van der Waals surface area contributed by atoms with Gasteiger partial charge in [0.2, 0.25) is 0 Å². The van der Waals surface area contributed by atoms with Gasteiger partial charge in [-0.1, -0.05) is 43.3 Å². The summed E-state index contributed by atoms with van der Waals surface area (Å²) >= 11 is 2.10. The summed E-state index contributed by atoms with van der Waals surface area (Å²) in [6, 6.07) is 8.79. The fourth-order valence-corrected chi connectivity index (χ4v) is 3.69. The van der Waals surface area contributed by atoms with Gasteiger partial charge in [0.1, 0.15) is 0 Å². The van der Waals surface area contributed by atoms with Gasteiger partial charge in [0.05, 0.1) is 4.75 Å². The van der Waals surface area contributed by atoms with E-state index in [0.29, 0.717) is 4.75 Å². The van der Waals surface area contributed by atoms with Crippen LogP contribution in [0.1, 0.15) is 24.5 Å². The molecule has 1 saturated heterocycles. The van der Waals surface area contributed by atoms with Crippen LogP contribution >= 0.6 is 11.8 Å². The molecule has 2 unspecified atom stereocenters. The Labute approximate surface area is 83.0 Å². The molecule has 0 amide bonds. The zero-order chi connectivity index (χ0) is 8.89. The number of hydrogen-bond acceptors (Lipinski definition) is 1. The summed E-state index contributed by atoms with van der Waals surface area (Å²) in [5, 5.41) is 0.757. The molecule has 1 heterocycles. The first-order valence-electron chi connectivity index (χ1n) is 4.82. The highest BCUT2D eigenvalue weighted by Gasteiger charge is 2.55. The lowest BCUT2D eigenvalue weighted by Gasteiger charge is -2.18. The third-order valence-electron chi connectivity index (χ3n) is 3.13. The van der Waals surface area contributed by atoms with Crippen molar-refractivity contribution in [2.45, 2.75) is 23.3 Å². The minimum Gasteiger partial charge on any atom is -0.139 e. The van der Waals surface area contributed by atoms with Gasteiger partial charge in [0.25, 0.3) is 0 Å².